The fraction of sp³-hybridized carbons (Fsp3) is 0.526. The number of hydrogen-bond acceptors (Lipinski definition) is 4. The molecular weight excluding hydrogens is 317 g/mol. The Hall–Kier alpha value is -1.63. The maximum atomic E-state index is 12.4. The molecule has 1 saturated heterocycles. The summed E-state index contributed by atoms with van der Waals surface area (Å²) in [5.41, 5.74) is 1.35. The van der Waals surface area contributed by atoms with E-state index in [-0.39, 0.29) is 18.1 Å². The van der Waals surface area contributed by atoms with E-state index in [0.717, 1.165) is 11.0 Å². The quantitative estimate of drug-likeness (QED) is 0.870. The van der Waals surface area contributed by atoms with Gasteiger partial charge in [0.15, 0.2) is 5.43 Å². The molecule has 3 rings (SSSR count). The first-order valence-electron chi connectivity index (χ1n) is 8.72. The molecule has 1 aliphatic rings. The second-order valence-corrected chi connectivity index (χ2v) is 7.99. The minimum Gasteiger partial charge on any atom is -0.399 e. The number of aromatic nitrogens is 1. The van der Waals surface area contributed by atoms with E-state index >= 15 is 0 Å². The molecule has 2 heterocycles. The first-order chi connectivity index (χ1) is 11.6. The molecule has 1 aromatic carbocycles. The molecule has 5 nitrogen and oxygen atoms in total. The molecule has 0 radical (unpaired) electrons. The summed E-state index contributed by atoms with van der Waals surface area (Å²) >= 11 is 0. The number of benzene rings is 1. The highest BCUT2D eigenvalue weighted by molar-refractivity contribution is 6.62. The molecular formula is C19H26BNO4. The van der Waals surface area contributed by atoms with Crippen molar-refractivity contribution in [1.29, 1.82) is 0 Å². The van der Waals surface area contributed by atoms with Crippen molar-refractivity contribution in [1.82, 2.24) is 4.57 Å². The van der Waals surface area contributed by atoms with Crippen LogP contribution in [0.2, 0.25) is 0 Å². The molecule has 25 heavy (non-hydrogen) atoms. The van der Waals surface area contributed by atoms with Crippen LogP contribution in [-0.4, -0.2) is 28.0 Å². The van der Waals surface area contributed by atoms with Gasteiger partial charge in [0, 0.05) is 23.2 Å². The van der Waals surface area contributed by atoms with Crippen LogP contribution in [0, 0.1) is 0 Å². The molecule has 134 valence electrons. The lowest BCUT2D eigenvalue weighted by atomic mass is 9.78. The van der Waals surface area contributed by atoms with Crippen LogP contribution >= 0.6 is 0 Å². The fourth-order valence-electron chi connectivity index (χ4n) is 3.27. The zero-order chi connectivity index (χ0) is 18.6. The predicted octanol–water partition coefficient (Wildman–Crippen LogP) is 2.37. The van der Waals surface area contributed by atoms with Crippen LogP contribution in [0.3, 0.4) is 0 Å². The number of pyridine rings is 1. The average molecular weight is 343 g/mol. The van der Waals surface area contributed by atoms with Crippen molar-refractivity contribution in [2.24, 2.45) is 0 Å². The van der Waals surface area contributed by atoms with E-state index in [1.807, 2.05) is 64.3 Å². The maximum Gasteiger partial charge on any atom is 0.494 e. The number of nitrogens with zero attached hydrogens (tertiary/aromatic N) is 1. The standard InChI is InChI=1S/C19H26BNO4/c1-12(2)21-14(11-22)10-17(23)15-8-7-13(9-16(15)21)20-24-18(3,4)19(5,6)25-20/h7-10,12,22H,11H2,1-6H3. The third kappa shape index (κ3) is 2.92. The molecule has 0 amide bonds. The number of aliphatic hydroxyl groups excluding tert-OH is 1. The topological polar surface area (TPSA) is 60.7 Å². The Bertz CT molecular complexity index is 854. The van der Waals surface area contributed by atoms with E-state index in [1.54, 1.807) is 0 Å². The van der Waals surface area contributed by atoms with Gasteiger partial charge in [0.05, 0.1) is 23.3 Å². The van der Waals surface area contributed by atoms with Crippen molar-refractivity contribution in [2.75, 3.05) is 0 Å². The van der Waals surface area contributed by atoms with E-state index in [1.165, 1.54) is 6.07 Å². The Balaban J connectivity index is 2.17. The van der Waals surface area contributed by atoms with Crippen molar-refractivity contribution >= 4 is 23.5 Å². The van der Waals surface area contributed by atoms with Crippen LogP contribution in [-0.2, 0) is 15.9 Å². The lowest BCUT2D eigenvalue weighted by molar-refractivity contribution is 0.00578. The van der Waals surface area contributed by atoms with Crippen LogP contribution in [0.25, 0.3) is 10.9 Å². The van der Waals surface area contributed by atoms with Crippen molar-refractivity contribution in [2.45, 2.75) is 65.4 Å². The predicted molar refractivity (Wildman–Crippen MR) is 100 cm³/mol. The average Bonchev–Trinajstić information content (AvgIpc) is 2.74. The van der Waals surface area contributed by atoms with E-state index < -0.39 is 18.3 Å². The van der Waals surface area contributed by atoms with Crippen LogP contribution in [0.5, 0.6) is 0 Å². The molecule has 0 unspecified atom stereocenters. The smallest absolute Gasteiger partial charge is 0.399 e. The second kappa shape index (κ2) is 5.97. The SMILES string of the molecule is CC(C)n1c(CO)cc(=O)c2ccc(B3OC(C)(C)C(C)(C)O3)cc21. The molecule has 0 aliphatic carbocycles. The van der Waals surface area contributed by atoms with E-state index in [0.29, 0.717) is 11.1 Å². The summed E-state index contributed by atoms with van der Waals surface area (Å²) in [4.78, 5) is 12.4. The lowest BCUT2D eigenvalue weighted by Gasteiger charge is -2.32. The van der Waals surface area contributed by atoms with Crippen LogP contribution in [0.1, 0.15) is 53.3 Å². The zero-order valence-corrected chi connectivity index (χ0v) is 15.8. The van der Waals surface area contributed by atoms with Gasteiger partial charge in [0.1, 0.15) is 0 Å². The maximum absolute atomic E-state index is 12.4. The van der Waals surface area contributed by atoms with Gasteiger partial charge in [-0.2, -0.15) is 0 Å². The minimum atomic E-state index is -0.483. The Kier molecular flexibility index (Phi) is 4.34. The Labute approximate surface area is 148 Å². The van der Waals surface area contributed by atoms with Crippen molar-refractivity contribution in [3.05, 3.63) is 40.2 Å². The van der Waals surface area contributed by atoms with Crippen LogP contribution in [0.4, 0.5) is 0 Å². The third-order valence-corrected chi connectivity index (χ3v) is 5.36. The van der Waals surface area contributed by atoms with Crippen molar-refractivity contribution in [3.63, 3.8) is 0 Å². The zero-order valence-electron chi connectivity index (χ0n) is 15.8. The molecule has 0 spiro atoms. The molecule has 1 aromatic heterocycles. The lowest BCUT2D eigenvalue weighted by Crippen LogP contribution is -2.41. The first kappa shape index (κ1) is 18.2. The highest BCUT2D eigenvalue weighted by Crippen LogP contribution is 2.36. The normalized spacial score (nSPS) is 19.1. The Morgan fingerprint density at radius 1 is 1.12 bits per heavy atom. The highest BCUT2D eigenvalue weighted by atomic mass is 16.7. The Morgan fingerprint density at radius 2 is 1.72 bits per heavy atom. The molecule has 1 aliphatic heterocycles. The molecule has 6 heteroatoms. The van der Waals surface area contributed by atoms with Gasteiger partial charge in [-0.3, -0.25) is 4.79 Å². The summed E-state index contributed by atoms with van der Waals surface area (Å²) in [5, 5.41) is 10.3. The van der Waals surface area contributed by atoms with E-state index in [9.17, 15) is 9.90 Å². The number of rotatable bonds is 3. The third-order valence-electron chi connectivity index (χ3n) is 5.36. The van der Waals surface area contributed by atoms with Gasteiger partial charge in [-0.05, 0) is 59.1 Å². The Morgan fingerprint density at radius 3 is 2.24 bits per heavy atom. The largest absolute Gasteiger partial charge is 0.494 e. The van der Waals surface area contributed by atoms with Gasteiger partial charge in [-0.1, -0.05) is 6.07 Å². The minimum absolute atomic E-state index is 0.0866. The summed E-state index contributed by atoms with van der Waals surface area (Å²) in [7, 11) is -0.483. The molecule has 0 saturated carbocycles. The van der Waals surface area contributed by atoms with Gasteiger partial charge in [0.2, 0.25) is 0 Å². The summed E-state index contributed by atoms with van der Waals surface area (Å²) < 4.78 is 14.2. The highest BCUT2D eigenvalue weighted by Gasteiger charge is 2.51. The van der Waals surface area contributed by atoms with Crippen LogP contribution < -0.4 is 10.9 Å². The monoisotopic (exact) mass is 343 g/mol. The van der Waals surface area contributed by atoms with Crippen molar-refractivity contribution < 1.29 is 14.4 Å². The van der Waals surface area contributed by atoms with Crippen molar-refractivity contribution in [3.8, 4) is 0 Å². The van der Waals surface area contributed by atoms with Gasteiger partial charge in [-0.25, -0.2) is 0 Å². The molecule has 2 aromatic rings. The summed E-state index contributed by atoms with van der Waals surface area (Å²) in [6.07, 6.45) is 0. The van der Waals surface area contributed by atoms with Gasteiger partial charge in [0.25, 0.3) is 0 Å². The number of aliphatic hydroxyl groups is 1. The second-order valence-electron chi connectivity index (χ2n) is 7.99. The van der Waals surface area contributed by atoms with E-state index in [4.69, 9.17) is 9.31 Å². The van der Waals surface area contributed by atoms with Gasteiger partial charge >= 0.3 is 7.12 Å². The summed E-state index contributed by atoms with van der Waals surface area (Å²) in [6, 6.07) is 7.26. The van der Waals surface area contributed by atoms with Crippen LogP contribution in [0.15, 0.2) is 29.1 Å². The summed E-state index contributed by atoms with van der Waals surface area (Å²) in [6.45, 7) is 12.0. The first-order valence-corrected chi connectivity index (χ1v) is 8.72. The molecule has 1 fully saturated rings. The summed E-state index contributed by atoms with van der Waals surface area (Å²) in [5.74, 6) is 0. The number of hydrogen-bond donors (Lipinski definition) is 1. The fourth-order valence-corrected chi connectivity index (χ4v) is 3.27. The van der Waals surface area contributed by atoms with E-state index in [2.05, 4.69) is 0 Å². The van der Waals surface area contributed by atoms with Gasteiger partial charge in [-0.15, -0.1) is 0 Å². The molecule has 0 bridgehead atoms. The van der Waals surface area contributed by atoms with Gasteiger partial charge < -0.3 is 19.0 Å². The molecule has 1 N–H and O–H groups in total. The molecule has 0 atom stereocenters. The number of fused-ring (bicyclic) bond motifs is 1.